The fourth-order valence-electron chi connectivity index (χ4n) is 4.01. The zero-order valence-corrected chi connectivity index (χ0v) is 21.2. The molecule has 2 N–H and O–H groups in total. The summed E-state index contributed by atoms with van der Waals surface area (Å²) in [6.45, 7) is 6.04. The summed E-state index contributed by atoms with van der Waals surface area (Å²) in [7, 11) is 0. The van der Waals surface area contributed by atoms with E-state index in [-0.39, 0.29) is 37.3 Å². The molecule has 37 heavy (non-hydrogen) atoms. The van der Waals surface area contributed by atoms with Crippen LogP contribution in [0.15, 0.2) is 42.0 Å². The average molecular weight is 510 g/mol. The van der Waals surface area contributed by atoms with E-state index in [9.17, 15) is 19.2 Å². The highest BCUT2D eigenvalue weighted by Gasteiger charge is 2.34. The second-order valence-corrected chi connectivity index (χ2v) is 8.69. The van der Waals surface area contributed by atoms with Gasteiger partial charge in [0.1, 0.15) is 24.3 Å². The van der Waals surface area contributed by atoms with Gasteiger partial charge < -0.3 is 24.6 Å². The van der Waals surface area contributed by atoms with Gasteiger partial charge in [0.15, 0.2) is 5.75 Å². The molecule has 1 aliphatic rings. The number of carbonyl (C=O) groups is 4. The smallest absolute Gasteiger partial charge is 0.342 e. The van der Waals surface area contributed by atoms with E-state index >= 15 is 0 Å². The van der Waals surface area contributed by atoms with E-state index in [2.05, 4.69) is 5.32 Å². The Hall–Kier alpha value is -4.14. The predicted octanol–water partition coefficient (Wildman–Crippen LogP) is 4.03. The van der Waals surface area contributed by atoms with E-state index in [0.717, 1.165) is 11.1 Å². The molecule has 0 radical (unpaired) electrons. The molecular formula is C28H31NO8. The number of esters is 2. The van der Waals surface area contributed by atoms with Crippen LogP contribution in [0.5, 0.6) is 11.5 Å². The summed E-state index contributed by atoms with van der Waals surface area (Å²) in [6, 6.07) is 9.27. The second kappa shape index (κ2) is 12.7. The van der Waals surface area contributed by atoms with Crippen LogP contribution in [0.4, 0.5) is 0 Å². The summed E-state index contributed by atoms with van der Waals surface area (Å²) in [5, 5.41) is 11.6. The number of fused-ring (bicyclic) bond motifs is 1. The number of aliphatic carboxylic acids is 1. The molecule has 1 amide bonds. The minimum absolute atomic E-state index is 0.00898. The largest absolute Gasteiger partial charge is 0.493 e. The van der Waals surface area contributed by atoms with Crippen molar-refractivity contribution < 1.29 is 38.5 Å². The monoisotopic (exact) mass is 509 g/mol. The first-order valence-electron chi connectivity index (χ1n) is 12.1. The average Bonchev–Trinajstić information content (AvgIpc) is 3.26. The number of carbonyl (C=O) groups excluding carboxylic acids is 3. The van der Waals surface area contributed by atoms with Gasteiger partial charge in [-0.15, -0.1) is 0 Å². The number of cyclic esters (lactones) is 1. The van der Waals surface area contributed by atoms with Gasteiger partial charge in [-0.25, -0.2) is 4.79 Å². The van der Waals surface area contributed by atoms with Gasteiger partial charge in [-0.3, -0.25) is 14.4 Å². The van der Waals surface area contributed by atoms with Crippen LogP contribution in [-0.2, 0) is 38.7 Å². The third-order valence-corrected chi connectivity index (χ3v) is 5.95. The van der Waals surface area contributed by atoms with Gasteiger partial charge in [0, 0.05) is 24.1 Å². The minimum Gasteiger partial charge on any atom is -0.493 e. The van der Waals surface area contributed by atoms with E-state index in [0.29, 0.717) is 35.5 Å². The zero-order valence-electron chi connectivity index (χ0n) is 21.2. The van der Waals surface area contributed by atoms with E-state index in [1.807, 2.05) is 43.3 Å². The first kappa shape index (κ1) is 27.4. The molecule has 1 heterocycles. The quantitative estimate of drug-likeness (QED) is 0.190. The Labute approximate surface area is 215 Å². The van der Waals surface area contributed by atoms with Crippen LogP contribution in [0.2, 0.25) is 0 Å². The van der Waals surface area contributed by atoms with Gasteiger partial charge in [-0.2, -0.15) is 0 Å². The summed E-state index contributed by atoms with van der Waals surface area (Å²) in [5.74, 6) is -2.39. The van der Waals surface area contributed by atoms with Crippen molar-refractivity contribution in [2.45, 2.75) is 59.6 Å². The van der Waals surface area contributed by atoms with Gasteiger partial charge >= 0.3 is 17.9 Å². The molecule has 1 aliphatic heterocycles. The lowest BCUT2D eigenvalue weighted by Gasteiger charge is -2.19. The number of benzene rings is 2. The lowest BCUT2D eigenvalue weighted by atomic mass is 9.94. The highest BCUT2D eigenvalue weighted by atomic mass is 16.6. The normalized spacial score (nSPS) is 12.5. The Kier molecular flexibility index (Phi) is 9.43. The van der Waals surface area contributed by atoms with E-state index in [1.54, 1.807) is 13.8 Å². The number of allylic oxidation sites excluding steroid dienone is 2. The van der Waals surface area contributed by atoms with E-state index in [1.165, 1.54) is 0 Å². The van der Waals surface area contributed by atoms with Crippen LogP contribution >= 0.6 is 0 Å². The molecule has 9 heteroatoms. The lowest BCUT2D eigenvalue weighted by molar-refractivity contribution is -0.139. The Morgan fingerprint density at radius 1 is 1.14 bits per heavy atom. The Morgan fingerprint density at radius 3 is 2.54 bits per heavy atom. The Balaban J connectivity index is 1.88. The summed E-state index contributed by atoms with van der Waals surface area (Å²) < 4.78 is 16.8. The molecule has 0 spiro atoms. The Morgan fingerprint density at radius 2 is 1.86 bits per heavy atom. The Bertz CT molecular complexity index is 1220. The molecule has 0 aliphatic carbocycles. The molecule has 0 fully saturated rings. The fourth-order valence-corrected chi connectivity index (χ4v) is 4.01. The summed E-state index contributed by atoms with van der Waals surface area (Å²) in [5.41, 5.74) is 3.59. The molecule has 0 bridgehead atoms. The second-order valence-electron chi connectivity index (χ2n) is 8.69. The predicted molar refractivity (Wildman–Crippen MR) is 134 cm³/mol. The fraction of sp³-hybridized carbons (Fsp3) is 0.357. The summed E-state index contributed by atoms with van der Waals surface area (Å²) >= 11 is 0. The van der Waals surface area contributed by atoms with Crippen molar-refractivity contribution in [2.75, 3.05) is 6.61 Å². The number of nitrogens with one attached hydrogen (secondary N) is 1. The number of rotatable bonds is 12. The first-order valence-corrected chi connectivity index (χ1v) is 12.1. The molecule has 9 nitrogen and oxygen atoms in total. The first-order chi connectivity index (χ1) is 17.7. The molecule has 3 rings (SSSR count). The molecule has 2 aromatic rings. The summed E-state index contributed by atoms with van der Waals surface area (Å²) in [6.07, 6.45) is 1.83. The standard InChI is InChI=1S/C28H31NO8/c1-4-35-26-18(3)21-16-36-28(34)25(21)27(20(26)12-10-17(2)11-13-23(31)32)37-24(33)14-22(30)29-15-19-8-6-5-7-9-19/h5-10H,4,11-16H2,1-3H3,(H,29,30)(H,31,32). The molecule has 0 saturated heterocycles. The van der Waals surface area contributed by atoms with Crippen molar-refractivity contribution in [3.05, 3.63) is 69.8 Å². The SMILES string of the molecule is CCOc1c(C)c2c(c(OC(=O)CC(=O)NCc3ccccc3)c1CC=C(C)CCC(=O)O)C(=O)OC2. The van der Waals surface area contributed by atoms with E-state index in [4.69, 9.17) is 19.3 Å². The van der Waals surface area contributed by atoms with E-state index < -0.39 is 30.2 Å². The van der Waals surface area contributed by atoms with Crippen LogP contribution in [0, 0.1) is 6.92 Å². The van der Waals surface area contributed by atoms with Crippen molar-refractivity contribution in [3.8, 4) is 11.5 Å². The molecular weight excluding hydrogens is 478 g/mol. The van der Waals surface area contributed by atoms with Crippen molar-refractivity contribution >= 4 is 23.8 Å². The maximum Gasteiger partial charge on any atom is 0.342 e. The van der Waals surface area contributed by atoms with Crippen LogP contribution in [0.25, 0.3) is 0 Å². The van der Waals surface area contributed by atoms with Crippen molar-refractivity contribution in [1.29, 1.82) is 0 Å². The highest BCUT2D eigenvalue weighted by Crippen LogP contribution is 2.43. The summed E-state index contributed by atoms with van der Waals surface area (Å²) in [4.78, 5) is 48.7. The van der Waals surface area contributed by atoms with Crippen molar-refractivity contribution in [1.82, 2.24) is 5.32 Å². The third kappa shape index (κ3) is 7.19. The van der Waals surface area contributed by atoms with Crippen LogP contribution in [-0.4, -0.2) is 35.5 Å². The zero-order chi connectivity index (χ0) is 26.9. The third-order valence-electron chi connectivity index (χ3n) is 5.95. The number of amides is 1. The maximum atomic E-state index is 12.8. The maximum absolute atomic E-state index is 12.8. The van der Waals surface area contributed by atoms with Gasteiger partial charge in [0.05, 0.1) is 6.61 Å². The number of carboxylic acid groups (broad SMARTS) is 1. The molecule has 0 saturated carbocycles. The lowest BCUT2D eigenvalue weighted by Crippen LogP contribution is -2.27. The molecule has 196 valence electrons. The van der Waals surface area contributed by atoms with Crippen molar-refractivity contribution in [3.63, 3.8) is 0 Å². The number of ether oxygens (including phenoxy) is 3. The van der Waals surface area contributed by atoms with Gasteiger partial charge in [-0.05, 0) is 44.7 Å². The number of hydrogen-bond acceptors (Lipinski definition) is 7. The van der Waals surface area contributed by atoms with Gasteiger partial charge in [-0.1, -0.05) is 42.0 Å². The molecule has 2 aromatic carbocycles. The minimum atomic E-state index is -0.904. The van der Waals surface area contributed by atoms with Crippen molar-refractivity contribution in [2.24, 2.45) is 0 Å². The van der Waals surface area contributed by atoms with Crippen LogP contribution < -0.4 is 14.8 Å². The molecule has 0 unspecified atom stereocenters. The molecule has 0 aromatic heterocycles. The van der Waals surface area contributed by atoms with Gasteiger partial charge in [0.2, 0.25) is 5.91 Å². The molecule has 0 atom stereocenters. The highest BCUT2D eigenvalue weighted by molar-refractivity contribution is 6.00. The number of hydrogen-bond donors (Lipinski definition) is 2. The van der Waals surface area contributed by atoms with Crippen LogP contribution in [0.3, 0.4) is 0 Å². The van der Waals surface area contributed by atoms with Gasteiger partial charge in [0.25, 0.3) is 0 Å². The van der Waals surface area contributed by atoms with Crippen LogP contribution in [0.1, 0.15) is 65.7 Å². The topological polar surface area (TPSA) is 128 Å². The number of carboxylic acids is 1.